The molecule has 0 radical (unpaired) electrons. The van der Waals surface area contributed by atoms with Gasteiger partial charge in [0, 0.05) is 16.3 Å². The molecule has 126 valence electrons. The number of para-hydroxylation sites is 1. The molecule has 2 aromatic carbocycles. The second-order valence-electron chi connectivity index (χ2n) is 5.77. The minimum atomic E-state index is -0.171. The van der Waals surface area contributed by atoms with Gasteiger partial charge >= 0.3 is 0 Å². The molecule has 0 spiro atoms. The van der Waals surface area contributed by atoms with Gasteiger partial charge in [-0.05, 0) is 48.7 Å². The zero-order chi connectivity index (χ0) is 17.4. The van der Waals surface area contributed by atoms with E-state index in [9.17, 15) is 0 Å². The van der Waals surface area contributed by atoms with Gasteiger partial charge in [0.1, 0.15) is 5.50 Å². The maximum atomic E-state index is 6.32. The molecule has 1 atom stereocenters. The number of anilines is 1. The molecule has 0 aliphatic carbocycles. The Kier molecular flexibility index (Phi) is 4.29. The summed E-state index contributed by atoms with van der Waals surface area (Å²) in [5, 5.41) is 7.38. The highest BCUT2D eigenvalue weighted by atomic mass is 35.5. The number of thioether (sulfide) groups is 1. The van der Waals surface area contributed by atoms with Gasteiger partial charge in [0.15, 0.2) is 0 Å². The van der Waals surface area contributed by atoms with Crippen molar-refractivity contribution in [1.29, 1.82) is 0 Å². The fraction of sp³-hybridized carbons (Fsp3) is 0.105. The van der Waals surface area contributed by atoms with Gasteiger partial charge in [0.05, 0.1) is 23.3 Å². The van der Waals surface area contributed by atoms with Crippen LogP contribution in [-0.2, 0) is 0 Å². The fourth-order valence-electron chi connectivity index (χ4n) is 2.96. The minimum Gasteiger partial charge on any atom is -0.315 e. The average Bonchev–Trinajstić information content (AvgIpc) is 3.19. The van der Waals surface area contributed by atoms with Gasteiger partial charge < -0.3 is 10.6 Å². The molecule has 25 heavy (non-hydrogen) atoms. The molecular formula is C19H17ClN4S. The van der Waals surface area contributed by atoms with Crippen molar-refractivity contribution in [2.45, 2.75) is 12.4 Å². The van der Waals surface area contributed by atoms with Gasteiger partial charge in [-0.15, -0.1) is 0 Å². The summed E-state index contributed by atoms with van der Waals surface area (Å²) in [5.74, 6) is 0. The van der Waals surface area contributed by atoms with Crippen LogP contribution in [0.1, 0.15) is 11.3 Å². The molecule has 0 saturated heterocycles. The zero-order valence-electron chi connectivity index (χ0n) is 13.6. The van der Waals surface area contributed by atoms with E-state index >= 15 is 0 Å². The van der Waals surface area contributed by atoms with E-state index in [-0.39, 0.29) is 5.50 Å². The Morgan fingerprint density at radius 1 is 1.04 bits per heavy atom. The standard InChI is InChI=1S/C19H17ClN4S/c1-13-17(11-22-24(13)16-5-3-2-4-6-16)18-12-25-19(21)23(18)15-9-7-14(20)8-10-15/h2-12,19H,21H2,1H3. The number of hydrogen-bond acceptors (Lipinski definition) is 4. The van der Waals surface area contributed by atoms with E-state index in [1.165, 1.54) is 0 Å². The van der Waals surface area contributed by atoms with E-state index in [0.717, 1.165) is 28.3 Å². The van der Waals surface area contributed by atoms with Crippen molar-refractivity contribution in [3.63, 3.8) is 0 Å². The van der Waals surface area contributed by atoms with Crippen LogP contribution in [0.5, 0.6) is 0 Å². The summed E-state index contributed by atoms with van der Waals surface area (Å²) in [7, 11) is 0. The molecule has 1 aromatic heterocycles. The molecule has 2 N–H and O–H groups in total. The van der Waals surface area contributed by atoms with Crippen LogP contribution in [0.25, 0.3) is 11.4 Å². The van der Waals surface area contributed by atoms with Crippen molar-refractivity contribution in [3.05, 3.63) is 82.5 Å². The molecule has 0 saturated carbocycles. The van der Waals surface area contributed by atoms with Crippen LogP contribution in [-0.4, -0.2) is 15.3 Å². The van der Waals surface area contributed by atoms with Crippen LogP contribution in [0, 0.1) is 6.92 Å². The molecule has 4 rings (SSSR count). The van der Waals surface area contributed by atoms with Gasteiger partial charge in [-0.1, -0.05) is 41.6 Å². The van der Waals surface area contributed by atoms with Crippen molar-refractivity contribution in [1.82, 2.24) is 9.78 Å². The largest absolute Gasteiger partial charge is 0.315 e. The van der Waals surface area contributed by atoms with E-state index in [0.29, 0.717) is 5.02 Å². The first-order valence-electron chi connectivity index (χ1n) is 7.91. The van der Waals surface area contributed by atoms with E-state index in [2.05, 4.69) is 22.3 Å². The normalized spacial score (nSPS) is 17.0. The Bertz CT molecular complexity index is 918. The van der Waals surface area contributed by atoms with Crippen LogP contribution in [0.4, 0.5) is 5.69 Å². The number of nitrogens with two attached hydrogens (primary N) is 1. The maximum Gasteiger partial charge on any atom is 0.134 e. The van der Waals surface area contributed by atoms with E-state index in [1.54, 1.807) is 11.8 Å². The summed E-state index contributed by atoms with van der Waals surface area (Å²) in [5.41, 5.74) is 11.4. The van der Waals surface area contributed by atoms with Gasteiger partial charge in [0.2, 0.25) is 0 Å². The monoisotopic (exact) mass is 368 g/mol. The lowest BCUT2D eigenvalue weighted by atomic mass is 10.1. The zero-order valence-corrected chi connectivity index (χ0v) is 15.2. The number of hydrogen-bond donors (Lipinski definition) is 1. The Morgan fingerprint density at radius 3 is 2.48 bits per heavy atom. The molecule has 3 aromatic rings. The van der Waals surface area contributed by atoms with Gasteiger partial charge in [0.25, 0.3) is 0 Å². The third-order valence-electron chi connectivity index (χ3n) is 4.22. The molecule has 2 heterocycles. The topological polar surface area (TPSA) is 47.1 Å². The van der Waals surface area contributed by atoms with Crippen molar-refractivity contribution < 1.29 is 0 Å². The second-order valence-corrected chi connectivity index (χ2v) is 7.19. The highest BCUT2D eigenvalue weighted by Gasteiger charge is 2.28. The van der Waals surface area contributed by atoms with Crippen molar-refractivity contribution in [2.24, 2.45) is 5.73 Å². The Balaban J connectivity index is 1.74. The third kappa shape index (κ3) is 2.95. The fourth-order valence-corrected chi connectivity index (χ4v) is 3.95. The Morgan fingerprint density at radius 2 is 1.76 bits per heavy atom. The third-order valence-corrected chi connectivity index (χ3v) is 5.33. The lowest BCUT2D eigenvalue weighted by molar-refractivity contribution is 0.846. The second kappa shape index (κ2) is 6.59. The predicted octanol–water partition coefficient (Wildman–Crippen LogP) is 4.63. The molecular weight excluding hydrogens is 352 g/mol. The lowest BCUT2D eigenvalue weighted by Gasteiger charge is -2.26. The van der Waals surface area contributed by atoms with Gasteiger partial charge in [-0.25, -0.2) is 4.68 Å². The SMILES string of the molecule is Cc1c(C2=CSC(N)N2c2ccc(Cl)cc2)cnn1-c1ccccc1. The first-order valence-corrected chi connectivity index (χ1v) is 9.23. The Hall–Kier alpha value is -2.21. The van der Waals surface area contributed by atoms with Crippen molar-refractivity contribution in [3.8, 4) is 5.69 Å². The summed E-state index contributed by atoms with van der Waals surface area (Å²) in [6.45, 7) is 2.07. The molecule has 4 nitrogen and oxygen atoms in total. The summed E-state index contributed by atoms with van der Waals surface area (Å²) < 4.78 is 1.95. The van der Waals surface area contributed by atoms with Crippen LogP contribution >= 0.6 is 23.4 Å². The Labute approximate surface area is 155 Å². The first kappa shape index (κ1) is 16.3. The molecule has 1 aliphatic rings. The minimum absolute atomic E-state index is 0.171. The highest BCUT2D eigenvalue weighted by molar-refractivity contribution is 8.03. The quantitative estimate of drug-likeness (QED) is 0.732. The number of halogens is 1. The average molecular weight is 369 g/mol. The van der Waals surface area contributed by atoms with Gasteiger partial charge in [-0.3, -0.25) is 0 Å². The van der Waals surface area contributed by atoms with E-state index in [4.69, 9.17) is 17.3 Å². The highest BCUT2D eigenvalue weighted by Crippen LogP contribution is 2.39. The number of aromatic nitrogens is 2. The summed E-state index contributed by atoms with van der Waals surface area (Å²) in [6.07, 6.45) is 1.90. The lowest BCUT2D eigenvalue weighted by Crippen LogP contribution is -2.34. The number of rotatable bonds is 3. The first-order chi connectivity index (χ1) is 12.1. The molecule has 1 aliphatic heterocycles. The van der Waals surface area contributed by atoms with Crippen LogP contribution in [0.2, 0.25) is 5.02 Å². The summed E-state index contributed by atoms with van der Waals surface area (Å²) in [4.78, 5) is 2.11. The van der Waals surface area contributed by atoms with E-state index < -0.39 is 0 Å². The number of nitrogens with zero attached hydrogens (tertiary/aromatic N) is 3. The van der Waals surface area contributed by atoms with Crippen molar-refractivity contribution in [2.75, 3.05) is 4.90 Å². The van der Waals surface area contributed by atoms with E-state index in [1.807, 2.05) is 65.5 Å². The summed E-state index contributed by atoms with van der Waals surface area (Å²) >= 11 is 7.61. The maximum absolute atomic E-state index is 6.32. The van der Waals surface area contributed by atoms with Crippen molar-refractivity contribution >= 4 is 34.7 Å². The van der Waals surface area contributed by atoms with Gasteiger partial charge in [-0.2, -0.15) is 5.10 Å². The van der Waals surface area contributed by atoms with Crippen LogP contribution < -0.4 is 10.6 Å². The smallest absolute Gasteiger partial charge is 0.134 e. The summed E-state index contributed by atoms with van der Waals surface area (Å²) in [6, 6.07) is 17.8. The van der Waals surface area contributed by atoms with Crippen LogP contribution in [0.3, 0.4) is 0 Å². The predicted molar refractivity (Wildman–Crippen MR) is 106 cm³/mol. The molecule has 0 fully saturated rings. The molecule has 0 bridgehead atoms. The van der Waals surface area contributed by atoms with Crippen LogP contribution in [0.15, 0.2) is 66.2 Å². The molecule has 0 amide bonds. The molecule has 1 unspecified atom stereocenters. The number of benzene rings is 2. The molecule has 6 heteroatoms.